The van der Waals surface area contributed by atoms with Crippen LogP contribution in [-0.4, -0.2) is 19.0 Å². The van der Waals surface area contributed by atoms with E-state index >= 15 is 0 Å². The van der Waals surface area contributed by atoms with Crippen molar-refractivity contribution in [1.29, 1.82) is 0 Å². The van der Waals surface area contributed by atoms with Crippen LogP contribution in [0.25, 0.3) is 0 Å². The number of halogens is 1. The zero-order chi connectivity index (χ0) is 13.3. The summed E-state index contributed by atoms with van der Waals surface area (Å²) >= 11 is 0. The highest BCUT2D eigenvalue weighted by Crippen LogP contribution is 2.47. The van der Waals surface area contributed by atoms with Gasteiger partial charge in [0.25, 0.3) is 0 Å². The van der Waals surface area contributed by atoms with Crippen molar-refractivity contribution in [3.05, 3.63) is 29.6 Å². The average molecular weight is 251 g/mol. The molecule has 5 heteroatoms. The van der Waals surface area contributed by atoms with Gasteiger partial charge in [-0.05, 0) is 43.5 Å². The Balaban J connectivity index is 2.12. The number of amides is 1. The van der Waals surface area contributed by atoms with E-state index in [1.54, 1.807) is 6.92 Å². The van der Waals surface area contributed by atoms with E-state index in [-0.39, 0.29) is 11.7 Å². The molecule has 4 nitrogen and oxygen atoms in total. The Morgan fingerprint density at radius 2 is 2.06 bits per heavy atom. The molecule has 0 heterocycles. The zero-order valence-corrected chi connectivity index (χ0v) is 10.2. The van der Waals surface area contributed by atoms with Gasteiger partial charge in [-0.1, -0.05) is 0 Å². The molecule has 1 aliphatic rings. The van der Waals surface area contributed by atoms with Gasteiger partial charge in [-0.3, -0.25) is 9.59 Å². The molecule has 2 rings (SSSR count). The molecular weight excluding hydrogens is 237 g/mol. The maximum absolute atomic E-state index is 13.1. The number of carbonyl (C=O) groups excluding carboxylic acids is 2. The number of esters is 1. The lowest BCUT2D eigenvalue weighted by Gasteiger charge is -2.13. The van der Waals surface area contributed by atoms with E-state index in [4.69, 9.17) is 0 Å². The lowest BCUT2D eigenvalue weighted by Crippen LogP contribution is -2.32. The van der Waals surface area contributed by atoms with E-state index in [2.05, 4.69) is 10.1 Å². The number of hydrogen-bond acceptors (Lipinski definition) is 3. The van der Waals surface area contributed by atoms with Crippen LogP contribution in [0.15, 0.2) is 18.2 Å². The van der Waals surface area contributed by atoms with Crippen LogP contribution >= 0.6 is 0 Å². The van der Waals surface area contributed by atoms with Gasteiger partial charge in [0.15, 0.2) is 0 Å². The van der Waals surface area contributed by atoms with Crippen molar-refractivity contribution in [3.63, 3.8) is 0 Å². The van der Waals surface area contributed by atoms with Crippen molar-refractivity contribution in [2.75, 3.05) is 12.4 Å². The summed E-state index contributed by atoms with van der Waals surface area (Å²) in [6, 6.07) is 4.27. The first-order valence-corrected chi connectivity index (χ1v) is 5.65. The summed E-state index contributed by atoms with van der Waals surface area (Å²) < 4.78 is 17.7. The minimum Gasteiger partial charge on any atom is -0.468 e. The minimum atomic E-state index is -1.04. The van der Waals surface area contributed by atoms with E-state index in [1.807, 2.05) is 0 Å². The largest absolute Gasteiger partial charge is 0.468 e. The van der Waals surface area contributed by atoms with E-state index in [1.165, 1.54) is 25.3 Å². The molecule has 0 aromatic heterocycles. The van der Waals surface area contributed by atoms with Crippen LogP contribution in [0, 0.1) is 18.2 Å². The predicted octanol–water partition coefficient (Wildman–Crippen LogP) is 2.03. The summed E-state index contributed by atoms with van der Waals surface area (Å²) in [6.45, 7) is 1.61. The van der Waals surface area contributed by atoms with E-state index in [0.29, 0.717) is 24.1 Å². The highest BCUT2D eigenvalue weighted by molar-refractivity contribution is 6.11. The van der Waals surface area contributed by atoms with Crippen LogP contribution in [0.4, 0.5) is 10.1 Å². The Kier molecular flexibility index (Phi) is 3.07. The normalized spacial score (nSPS) is 15.9. The molecule has 18 heavy (non-hydrogen) atoms. The number of anilines is 1. The fourth-order valence-electron chi connectivity index (χ4n) is 1.82. The van der Waals surface area contributed by atoms with Crippen LogP contribution < -0.4 is 5.32 Å². The summed E-state index contributed by atoms with van der Waals surface area (Å²) in [5.41, 5.74) is -0.123. The lowest BCUT2D eigenvalue weighted by molar-refractivity contribution is -0.150. The molecule has 0 unspecified atom stereocenters. The Morgan fingerprint density at radius 3 is 2.56 bits per heavy atom. The standard InChI is InChI=1S/C13H14FNO3/c1-8-7-9(3-4-10(8)14)15-11(16)13(5-6-13)12(17)18-2/h3-4,7H,5-6H2,1-2H3,(H,15,16). The van der Waals surface area contributed by atoms with Gasteiger partial charge in [0, 0.05) is 5.69 Å². The van der Waals surface area contributed by atoms with Gasteiger partial charge in [-0.25, -0.2) is 4.39 Å². The molecule has 1 aromatic carbocycles. The molecule has 0 bridgehead atoms. The first-order chi connectivity index (χ1) is 8.49. The van der Waals surface area contributed by atoms with Crippen molar-refractivity contribution in [1.82, 2.24) is 0 Å². The van der Waals surface area contributed by atoms with Crippen molar-refractivity contribution < 1.29 is 18.7 Å². The number of nitrogens with one attached hydrogen (secondary N) is 1. The second kappa shape index (κ2) is 4.40. The molecule has 1 aliphatic carbocycles. The van der Waals surface area contributed by atoms with Gasteiger partial charge in [0.2, 0.25) is 5.91 Å². The van der Waals surface area contributed by atoms with Gasteiger partial charge < -0.3 is 10.1 Å². The SMILES string of the molecule is COC(=O)C1(C(=O)Nc2ccc(F)c(C)c2)CC1. The Morgan fingerprint density at radius 1 is 1.39 bits per heavy atom. The highest BCUT2D eigenvalue weighted by atomic mass is 19.1. The molecule has 0 spiro atoms. The number of methoxy groups -OCH3 is 1. The molecule has 96 valence electrons. The van der Waals surface area contributed by atoms with Crippen LogP contribution in [0.3, 0.4) is 0 Å². The molecule has 0 saturated heterocycles. The Bertz CT molecular complexity index is 509. The summed E-state index contributed by atoms with van der Waals surface area (Å²) in [5.74, 6) is -1.23. The van der Waals surface area contributed by atoms with E-state index < -0.39 is 11.4 Å². The highest BCUT2D eigenvalue weighted by Gasteiger charge is 2.57. The molecule has 1 saturated carbocycles. The summed E-state index contributed by atoms with van der Waals surface area (Å²) in [7, 11) is 1.26. The number of carbonyl (C=O) groups is 2. The summed E-state index contributed by atoms with van der Waals surface area (Å²) in [6.07, 6.45) is 0.983. The number of hydrogen-bond donors (Lipinski definition) is 1. The molecule has 1 aromatic rings. The van der Waals surface area contributed by atoms with Gasteiger partial charge in [0.05, 0.1) is 7.11 Å². The van der Waals surface area contributed by atoms with Crippen LogP contribution in [-0.2, 0) is 14.3 Å². The predicted molar refractivity (Wildman–Crippen MR) is 63.4 cm³/mol. The van der Waals surface area contributed by atoms with Gasteiger partial charge in [-0.15, -0.1) is 0 Å². The van der Waals surface area contributed by atoms with Crippen LogP contribution in [0.2, 0.25) is 0 Å². The van der Waals surface area contributed by atoms with Gasteiger partial charge in [0.1, 0.15) is 11.2 Å². The second-order valence-corrected chi connectivity index (χ2v) is 4.49. The third kappa shape index (κ3) is 2.08. The molecule has 1 fully saturated rings. The van der Waals surface area contributed by atoms with Crippen LogP contribution in [0.1, 0.15) is 18.4 Å². The maximum atomic E-state index is 13.1. The number of ether oxygens (including phenoxy) is 1. The van der Waals surface area contributed by atoms with Crippen molar-refractivity contribution in [2.45, 2.75) is 19.8 Å². The quantitative estimate of drug-likeness (QED) is 0.660. The first kappa shape index (κ1) is 12.5. The van der Waals surface area contributed by atoms with Crippen molar-refractivity contribution in [2.24, 2.45) is 5.41 Å². The third-order valence-corrected chi connectivity index (χ3v) is 3.18. The molecular formula is C13H14FNO3. The fourth-order valence-corrected chi connectivity index (χ4v) is 1.82. The zero-order valence-electron chi connectivity index (χ0n) is 10.2. The summed E-state index contributed by atoms with van der Waals surface area (Å²) in [4.78, 5) is 23.5. The Labute approximate surface area is 104 Å². The lowest BCUT2D eigenvalue weighted by atomic mass is 10.1. The van der Waals surface area contributed by atoms with Gasteiger partial charge in [-0.2, -0.15) is 0 Å². The monoisotopic (exact) mass is 251 g/mol. The first-order valence-electron chi connectivity index (χ1n) is 5.65. The second-order valence-electron chi connectivity index (χ2n) is 4.49. The van der Waals surface area contributed by atoms with Crippen molar-refractivity contribution >= 4 is 17.6 Å². The maximum Gasteiger partial charge on any atom is 0.321 e. The Hall–Kier alpha value is -1.91. The van der Waals surface area contributed by atoms with Crippen molar-refractivity contribution in [3.8, 4) is 0 Å². The molecule has 0 atom stereocenters. The van der Waals surface area contributed by atoms with E-state index in [9.17, 15) is 14.0 Å². The third-order valence-electron chi connectivity index (χ3n) is 3.18. The molecule has 1 N–H and O–H groups in total. The molecule has 0 aliphatic heterocycles. The average Bonchev–Trinajstić information content (AvgIpc) is 3.14. The number of benzene rings is 1. The van der Waals surface area contributed by atoms with E-state index in [0.717, 1.165) is 0 Å². The minimum absolute atomic E-state index is 0.331. The number of aryl methyl sites for hydroxylation is 1. The smallest absolute Gasteiger partial charge is 0.321 e. The fraction of sp³-hybridized carbons (Fsp3) is 0.385. The number of rotatable bonds is 3. The molecule has 0 radical (unpaired) electrons. The topological polar surface area (TPSA) is 55.4 Å². The van der Waals surface area contributed by atoms with Gasteiger partial charge >= 0.3 is 5.97 Å². The molecule has 1 amide bonds. The summed E-state index contributed by atoms with van der Waals surface area (Å²) in [5, 5.41) is 2.62. The van der Waals surface area contributed by atoms with Crippen LogP contribution in [0.5, 0.6) is 0 Å².